The van der Waals surface area contributed by atoms with E-state index in [-0.39, 0.29) is 88.6 Å². The van der Waals surface area contributed by atoms with Crippen molar-refractivity contribution in [2.45, 2.75) is 104 Å². The molecule has 0 aromatic rings. The smallest absolute Gasteiger partial charge is 0.550 e. The van der Waals surface area contributed by atoms with Gasteiger partial charge in [-0.1, -0.05) is 34.1 Å². The van der Waals surface area contributed by atoms with E-state index in [1.54, 1.807) is 0 Å². The number of carboxylic acids is 1. The average Bonchev–Trinajstić information content (AvgIpc) is 2.98. The van der Waals surface area contributed by atoms with Crippen LogP contribution in [0.25, 0.3) is 0 Å². The number of carbonyl (C=O) groups excluding carboxylic acids is 1. The topological polar surface area (TPSA) is 101 Å². The van der Waals surface area contributed by atoms with Crippen LogP contribution in [0.4, 0.5) is 0 Å². The molecule has 4 aliphatic rings. The van der Waals surface area contributed by atoms with Crippen LogP contribution in [0.1, 0.15) is 85.5 Å². The first kappa shape index (κ1) is 26.9. The summed E-state index contributed by atoms with van der Waals surface area (Å²) in [5.41, 5.74) is 0.0807. The molecule has 0 heterocycles. The van der Waals surface area contributed by atoms with E-state index in [1.165, 1.54) is 0 Å². The third kappa shape index (κ3) is 4.15. The molecule has 4 aliphatic carbocycles. The standard InChI is InChI=1S/C26H44O5.Na/c1-5-16-18-12-15(27)8-10-25(18,3)17-9-11-26(4)19(22(17)24(16)31)13-20(28)23(26)14(2)6-7-21(29)30;/h14-20,22-24,27-28,31H,5-13H2,1-4H3,(H,29,30);/q;+1/p-1/t14-,15-,16-,17+,18+,19+,20-,22-,23+,24-,25-,26+;/m1./s1. The normalized spacial score (nSPS) is 51.0. The van der Waals surface area contributed by atoms with Gasteiger partial charge in [0.25, 0.3) is 0 Å². The third-order valence-electron chi connectivity index (χ3n) is 10.9. The van der Waals surface area contributed by atoms with Gasteiger partial charge in [0, 0.05) is 5.97 Å². The Morgan fingerprint density at radius 2 is 1.69 bits per heavy atom. The fourth-order valence-corrected chi connectivity index (χ4v) is 9.57. The summed E-state index contributed by atoms with van der Waals surface area (Å²) in [4.78, 5) is 11.0. The van der Waals surface area contributed by atoms with E-state index < -0.39 is 12.1 Å². The Morgan fingerprint density at radius 3 is 2.31 bits per heavy atom. The molecule has 5 nitrogen and oxygen atoms in total. The van der Waals surface area contributed by atoms with E-state index in [1.807, 2.05) is 0 Å². The quantitative estimate of drug-likeness (QED) is 0.494. The molecule has 4 fully saturated rings. The molecule has 0 radical (unpaired) electrons. The number of aliphatic carboxylic acids is 1. The SMILES string of the molecule is CC[C@H]1[C@@H](O)[C@@H]2[C@H](CC[C@]3(C)[C@@H]([C@H](C)CCC(=O)[O-])[C@H](O)C[C@@H]23)[C@@]2(C)CC[C@@H](O)C[C@@H]12.[Na+]. The summed E-state index contributed by atoms with van der Waals surface area (Å²) < 4.78 is 0. The van der Waals surface area contributed by atoms with E-state index in [2.05, 4.69) is 27.7 Å². The summed E-state index contributed by atoms with van der Waals surface area (Å²) >= 11 is 0. The van der Waals surface area contributed by atoms with Gasteiger partial charge in [0.05, 0.1) is 18.3 Å². The van der Waals surface area contributed by atoms with Crippen molar-refractivity contribution in [2.24, 2.45) is 52.3 Å². The van der Waals surface area contributed by atoms with E-state index in [9.17, 15) is 25.2 Å². The summed E-state index contributed by atoms with van der Waals surface area (Å²) in [6.07, 6.45) is 5.95. The zero-order valence-corrected chi connectivity index (χ0v) is 22.8. The Bertz CT molecular complexity index is 687. The van der Waals surface area contributed by atoms with E-state index >= 15 is 0 Å². The van der Waals surface area contributed by atoms with Crippen LogP contribution in [0.3, 0.4) is 0 Å². The van der Waals surface area contributed by atoms with Crippen molar-refractivity contribution in [1.29, 1.82) is 0 Å². The largest absolute Gasteiger partial charge is 1.00 e. The zero-order valence-electron chi connectivity index (χ0n) is 20.8. The number of rotatable bonds is 5. The molecule has 0 amide bonds. The van der Waals surface area contributed by atoms with Crippen molar-refractivity contribution in [1.82, 2.24) is 0 Å². The second-order valence-electron chi connectivity index (χ2n) is 12.2. The first-order valence-electron chi connectivity index (χ1n) is 12.8. The second-order valence-corrected chi connectivity index (χ2v) is 12.2. The molecule has 3 N–H and O–H groups in total. The zero-order chi connectivity index (χ0) is 22.7. The van der Waals surface area contributed by atoms with Crippen LogP contribution in [-0.4, -0.2) is 39.6 Å². The van der Waals surface area contributed by atoms with Gasteiger partial charge in [-0.2, -0.15) is 0 Å². The maximum absolute atomic E-state index is 11.7. The van der Waals surface area contributed by atoms with Crippen molar-refractivity contribution in [3.63, 3.8) is 0 Å². The number of carbonyl (C=O) groups is 1. The fourth-order valence-electron chi connectivity index (χ4n) is 9.57. The predicted octanol–water partition coefficient (Wildman–Crippen LogP) is -0.246. The van der Waals surface area contributed by atoms with Gasteiger partial charge in [-0.05, 0) is 104 Å². The Labute approximate surface area is 216 Å². The molecule has 0 saturated heterocycles. The molecule has 4 rings (SSSR count). The predicted molar refractivity (Wildman–Crippen MR) is 117 cm³/mol. The van der Waals surface area contributed by atoms with Crippen LogP contribution < -0.4 is 34.7 Å². The maximum Gasteiger partial charge on any atom is 1.00 e. The molecule has 4 saturated carbocycles. The minimum absolute atomic E-state index is 0. The Kier molecular flexibility index (Phi) is 8.23. The van der Waals surface area contributed by atoms with Crippen molar-refractivity contribution >= 4 is 5.97 Å². The summed E-state index contributed by atoms with van der Waals surface area (Å²) in [6, 6.07) is 0. The molecular formula is C26H43NaO5. The molecule has 0 aromatic carbocycles. The van der Waals surface area contributed by atoms with Gasteiger partial charge in [0.2, 0.25) is 0 Å². The Hall–Kier alpha value is 0.350. The van der Waals surface area contributed by atoms with Gasteiger partial charge in [0.1, 0.15) is 0 Å². The molecule has 178 valence electrons. The van der Waals surface area contributed by atoms with Gasteiger partial charge in [-0.15, -0.1) is 0 Å². The molecular weight excluding hydrogens is 415 g/mol. The van der Waals surface area contributed by atoms with Crippen molar-refractivity contribution < 1.29 is 54.8 Å². The van der Waals surface area contributed by atoms with Crippen LogP contribution in [-0.2, 0) is 4.79 Å². The van der Waals surface area contributed by atoms with Gasteiger partial charge >= 0.3 is 29.6 Å². The second kappa shape index (κ2) is 9.78. The molecule has 6 heteroatoms. The Morgan fingerprint density at radius 1 is 1.03 bits per heavy atom. The molecule has 12 atom stereocenters. The molecule has 0 aliphatic heterocycles. The summed E-state index contributed by atoms with van der Waals surface area (Å²) in [6.45, 7) is 8.98. The van der Waals surface area contributed by atoms with Crippen molar-refractivity contribution in [2.75, 3.05) is 0 Å². The summed E-state index contributed by atoms with van der Waals surface area (Å²) in [7, 11) is 0. The van der Waals surface area contributed by atoms with Crippen molar-refractivity contribution in [3.8, 4) is 0 Å². The number of hydrogen-bond acceptors (Lipinski definition) is 5. The number of carboxylic acid groups (broad SMARTS) is 1. The number of aliphatic hydroxyl groups is 3. The van der Waals surface area contributed by atoms with Crippen LogP contribution in [0.2, 0.25) is 0 Å². The van der Waals surface area contributed by atoms with E-state index in [0.717, 1.165) is 44.9 Å². The maximum atomic E-state index is 11.7. The van der Waals surface area contributed by atoms with E-state index in [0.29, 0.717) is 18.3 Å². The molecule has 0 spiro atoms. The minimum atomic E-state index is -1.02. The summed E-state index contributed by atoms with van der Waals surface area (Å²) in [5, 5.41) is 44.3. The van der Waals surface area contributed by atoms with Crippen molar-refractivity contribution in [3.05, 3.63) is 0 Å². The van der Waals surface area contributed by atoms with Gasteiger partial charge in [-0.25, -0.2) is 0 Å². The monoisotopic (exact) mass is 458 g/mol. The molecule has 0 aromatic heterocycles. The van der Waals surface area contributed by atoms with Crippen LogP contribution in [0.5, 0.6) is 0 Å². The molecule has 32 heavy (non-hydrogen) atoms. The first-order valence-corrected chi connectivity index (χ1v) is 12.8. The minimum Gasteiger partial charge on any atom is -0.550 e. The van der Waals surface area contributed by atoms with E-state index in [4.69, 9.17) is 0 Å². The number of aliphatic hydroxyl groups excluding tert-OH is 3. The van der Waals surface area contributed by atoms with Crippen LogP contribution in [0.15, 0.2) is 0 Å². The van der Waals surface area contributed by atoms with Gasteiger partial charge < -0.3 is 25.2 Å². The number of hydrogen-bond donors (Lipinski definition) is 3. The van der Waals surface area contributed by atoms with Gasteiger partial charge in [-0.3, -0.25) is 0 Å². The van der Waals surface area contributed by atoms with Crippen LogP contribution >= 0.6 is 0 Å². The number of fused-ring (bicyclic) bond motifs is 5. The summed E-state index contributed by atoms with van der Waals surface area (Å²) in [5.74, 6) is 0.640. The fraction of sp³-hybridized carbons (Fsp3) is 0.962. The molecule has 0 unspecified atom stereocenters. The third-order valence-corrected chi connectivity index (χ3v) is 10.9. The average molecular weight is 459 g/mol. The first-order chi connectivity index (χ1) is 14.5. The molecule has 0 bridgehead atoms. The van der Waals surface area contributed by atoms with Crippen LogP contribution in [0, 0.1) is 52.3 Å². The Balaban J connectivity index is 0.00000289. The van der Waals surface area contributed by atoms with Gasteiger partial charge in [0.15, 0.2) is 0 Å².